The van der Waals surface area contributed by atoms with Gasteiger partial charge in [0, 0.05) is 49.5 Å². The van der Waals surface area contributed by atoms with Crippen LogP contribution in [-0.2, 0) is 11.2 Å². The summed E-state index contributed by atoms with van der Waals surface area (Å²) in [6.45, 7) is 7.30. The van der Waals surface area contributed by atoms with Crippen LogP contribution in [0.5, 0.6) is 0 Å². The van der Waals surface area contributed by atoms with Crippen LogP contribution >= 0.6 is 0 Å². The normalized spacial score (nSPS) is 19.4. The molecule has 1 aromatic carbocycles. The number of rotatable bonds is 4. The Morgan fingerprint density at radius 2 is 1.85 bits per heavy atom. The molecule has 0 saturated carbocycles. The van der Waals surface area contributed by atoms with Crippen molar-refractivity contribution >= 4 is 22.7 Å². The van der Waals surface area contributed by atoms with E-state index < -0.39 is 0 Å². The molecule has 2 aromatic heterocycles. The fourth-order valence-corrected chi connectivity index (χ4v) is 5.42. The largest absolute Gasteiger partial charge is 0.350 e. The highest BCUT2D eigenvalue weighted by Gasteiger charge is 2.38. The molecule has 172 valence electrons. The molecule has 5 rings (SSSR count). The lowest BCUT2D eigenvalue weighted by molar-refractivity contribution is -0.138. The van der Waals surface area contributed by atoms with Crippen LogP contribution in [0.4, 0.5) is 0 Å². The number of benzene rings is 1. The van der Waals surface area contributed by atoms with Crippen LogP contribution in [0.15, 0.2) is 42.7 Å². The molecule has 4 heterocycles. The molecule has 0 spiro atoms. The molecule has 6 nitrogen and oxygen atoms in total. The van der Waals surface area contributed by atoms with Gasteiger partial charge in [-0.05, 0) is 61.3 Å². The SMILES string of the molecule is Cc1c(C(=O)N2CCCCC(C3CN(C(=O)Cc4cccnc4)C3)C2)[nH]c2c(C)cccc12. The Labute approximate surface area is 195 Å². The average Bonchev–Trinajstić information content (AvgIpc) is 2.95. The lowest BCUT2D eigenvalue weighted by atomic mass is 9.82. The van der Waals surface area contributed by atoms with E-state index >= 15 is 0 Å². The molecule has 1 N–H and O–H groups in total. The lowest BCUT2D eigenvalue weighted by Gasteiger charge is -2.44. The highest BCUT2D eigenvalue weighted by Crippen LogP contribution is 2.32. The van der Waals surface area contributed by atoms with Crippen LogP contribution in [0.1, 0.15) is 46.4 Å². The molecule has 2 fully saturated rings. The lowest BCUT2D eigenvalue weighted by Crippen LogP contribution is -2.54. The van der Waals surface area contributed by atoms with E-state index in [1.54, 1.807) is 12.4 Å². The number of hydrogen-bond donors (Lipinski definition) is 1. The first-order chi connectivity index (χ1) is 16.0. The molecule has 2 saturated heterocycles. The van der Waals surface area contributed by atoms with Gasteiger partial charge in [-0.15, -0.1) is 0 Å². The number of para-hydroxylation sites is 1. The Bertz CT molecular complexity index is 1160. The Hall–Kier alpha value is -3.15. The van der Waals surface area contributed by atoms with Crippen molar-refractivity contribution in [1.82, 2.24) is 19.8 Å². The number of hydrogen-bond acceptors (Lipinski definition) is 3. The summed E-state index contributed by atoms with van der Waals surface area (Å²) in [5.74, 6) is 1.20. The summed E-state index contributed by atoms with van der Waals surface area (Å²) < 4.78 is 0. The quantitative estimate of drug-likeness (QED) is 0.658. The van der Waals surface area contributed by atoms with Gasteiger partial charge in [0.25, 0.3) is 5.91 Å². The molecule has 0 bridgehead atoms. The smallest absolute Gasteiger partial charge is 0.270 e. The third-order valence-corrected chi connectivity index (χ3v) is 7.52. The van der Waals surface area contributed by atoms with Crippen LogP contribution < -0.4 is 0 Å². The fourth-order valence-electron chi connectivity index (χ4n) is 5.42. The zero-order valence-electron chi connectivity index (χ0n) is 19.5. The van der Waals surface area contributed by atoms with Gasteiger partial charge in [-0.1, -0.05) is 30.7 Å². The summed E-state index contributed by atoms with van der Waals surface area (Å²) in [6, 6.07) is 10.0. The molecule has 1 unspecified atom stereocenters. The van der Waals surface area contributed by atoms with Crippen molar-refractivity contribution in [1.29, 1.82) is 0 Å². The first-order valence-corrected chi connectivity index (χ1v) is 12.0. The molecule has 33 heavy (non-hydrogen) atoms. The first-order valence-electron chi connectivity index (χ1n) is 12.0. The van der Waals surface area contributed by atoms with Crippen molar-refractivity contribution in [2.24, 2.45) is 11.8 Å². The van der Waals surface area contributed by atoms with Gasteiger partial charge in [-0.25, -0.2) is 0 Å². The van der Waals surface area contributed by atoms with Crippen molar-refractivity contribution in [3.8, 4) is 0 Å². The highest BCUT2D eigenvalue weighted by molar-refractivity contribution is 6.01. The van der Waals surface area contributed by atoms with E-state index in [1.807, 2.05) is 34.9 Å². The van der Waals surface area contributed by atoms with Gasteiger partial charge in [0.05, 0.1) is 6.42 Å². The number of pyridine rings is 1. The second kappa shape index (κ2) is 9.00. The zero-order chi connectivity index (χ0) is 22.9. The molecule has 3 aromatic rings. The summed E-state index contributed by atoms with van der Waals surface area (Å²) in [6.07, 6.45) is 7.21. The van der Waals surface area contributed by atoms with E-state index in [0.717, 1.165) is 78.7 Å². The molecule has 2 aliphatic heterocycles. The van der Waals surface area contributed by atoms with Crippen LogP contribution in [-0.4, -0.2) is 57.8 Å². The topological polar surface area (TPSA) is 69.3 Å². The molecule has 2 amide bonds. The van der Waals surface area contributed by atoms with Crippen molar-refractivity contribution in [2.45, 2.75) is 39.5 Å². The van der Waals surface area contributed by atoms with Gasteiger partial charge in [0.1, 0.15) is 5.69 Å². The Morgan fingerprint density at radius 3 is 2.61 bits per heavy atom. The maximum atomic E-state index is 13.5. The highest BCUT2D eigenvalue weighted by atomic mass is 16.2. The second-order valence-electron chi connectivity index (χ2n) is 9.73. The number of carbonyl (C=O) groups is 2. The number of H-pyrrole nitrogens is 1. The maximum Gasteiger partial charge on any atom is 0.270 e. The van der Waals surface area contributed by atoms with Crippen molar-refractivity contribution in [2.75, 3.05) is 26.2 Å². The first kappa shape index (κ1) is 21.7. The van der Waals surface area contributed by atoms with E-state index in [4.69, 9.17) is 0 Å². The predicted molar refractivity (Wildman–Crippen MR) is 129 cm³/mol. The third-order valence-electron chi connectivity index (χ3n) is 7.52. The summed E-state index contributed by atoms with van der Waals surface area (Å²) in [5, 5.41) is 1.13. The van der Waals surface area contributed by atoms with Gasteiger partial charge < -0.3 is 14.8 Å². The van der Waals surface area contributed by atoms with Crippen LogP contribution in [0.25, 0.3) is 10.9 Å². The number of aromatic nitrogens is 2. The van der Waals surface area contributed by atoms with Crippen molar-refractivity contribution in [3.63, 3.8) is 0 Å². The maximum absolute atomic E-state index is 13.5. The summed E-state index contributed by atoms with van der Waals surface area (Å²) >= 11 is 0. The van der Waals surface area contributed by atoms with E-state index in [-0.39, 0.29) is 11.8 Å². The number of likely N-dealkylation sites (tertiary alicyclic amines) is 2. The molecule has 0 aliphatic carbocycles. The van der Waals surface area contributed by atoms with Crippen LogP contribution in [0.2, 0.25) is 0 Å². The number of nitrogens with zero attached hydrogens (tertiary/aromatic N) is 3. The van der Waals surface area contributed by atoms with Gasteiger partial charge in [-0.3, -0.25) is 14.6 Å². The van der Waals surface area contributed by atoms with Gasteiger partial charge in [0.2, 0.25) is 5.91 Å². The second-order valence-corrected chi connectivity index (χ2v) is 9.73. The van der Waals surface area contributed by atoms with E-state index in [9.17, 15) is 9.59 Å². The molecule has 1 atom stereocenters. The Morgan fingerprint density at radius 1 is 1.03 bits per heavy atom. The number of carbonyl (C=O) groups excluding carboxylic acids is 2. The molecule has 0 radical (unpaired) electrons. The number of amides is 2. The van der Waals surface area contributed by atoms with Crippen molar-refractivity contribution in [3.05, 3.63) is 65.1 Å². The Kier molecular flexibility index (Phi) is 5.92. The minimum absolute atomic E-state index is 0.110. The molecular weight excluding hydrogens is 412 g/mol. The average molecular weight is 445 g/mol. The Balaban J connectivity index is 1.24. The summed E-state index contributed by atoms with van der Waals surface area (Å²) in [4.78, 5) is 37.7. The van der Waals surface area contributed by atoms with Crippen LogP contribution in [0.3, 0.4) is 0 Å². The van der Waals surface area contributed by atoms with Gasteiger partial charge in [0.15, 0.2) is 0 Å². The molecule has 6 heteroatoms. The zero-order valence-corrected chi connectivity index (χ0v) is 19.5. The molecule has 2 aliphatic rings. The van der Waals surface area contributed by atoms with Gasteiger partial charge in [-0.2, -0.15) is 0 Å². The fraction of sp³-hybridized carbons (Fsp3) is 0.444. The number of aryl methyl sites for hydroxylation is 2. The molecular formula is C27H32N4O2. The van der Waals surface area contributed by atoms with Crippen molar-refractivity contribution < 1.29 is 9.59 Å². The van der Waals surface area contributed by atoms with Crippen LogP contribution in [0, 0.1) is 25.7 Å². The number of nitrogens with one attached hydrogen (secondary N) is 1. The van der Waals surface area contributed by atoms with E-state index in [1.165, 1.54) is 0 Å². The van der Waals surface area contributed by atoms with Gasteiger partial charge >= 0.3 is 0 Å². The predicted octanol–water partition coefficient (Wildman–Crippen LogP) is 4.12. The number of aromatic amines is 1. The summed E-state index contributed by atoms with van der Waals surface area (Å²) in [7, 11) is 0. The monoisotopic (exact) mass is 444 g/mol. The number of fused-ring (bicyclic) bond motifs is 1. The van der Waals surface area contributed by atoms with E-state index in [2.05, 4.69) is 29.0 Å². The van der Waals surface area contributed by atoms with E-state index in [0.29, 0.717) is 18.3 Å². The third kappa shape index (κ3) is 4.26. The summed E-state index contributed by atoms with van der Waals surface area (Å²) in [5.41, 5.74) is 4.94. The minimum atomic E-state index is 0.110. The standard InChI is InChI=1S/C27H32N4O2/c1-18-7-5-10-23-19(2)26(29-25(18)23)27(33)30-12-4-3-9-21(15-30)22-16-31(17-22)24(32)13-20-8-6-11-28-14-20/h5-8,10-11,14,21-22,29H,3-4,9,12-13,15-17H2,1-2H3. The minimum Gasteiger partial charge on any atom is -0.350 e.